The Bertz CT molecular complexity index is 545. The highest BCUT2D eigenvalue weighted by molar-refractivity contribution is 8.02. The zero-order chi connectivity index (χ0) is 14.4. The standard InChI is InChI=1S/C13H14FN3OS2/c1-9(20-13-17-16-8-19-13)12(18)15-7-6-10-2-4-11(14)5-3-10/h2-5,8-9H,6-7H2,1H3,(H,15,18)/t9-/m0/s1. The molecule has 0 aliphatic carbocycles. The lowest BCUT2D eigenvalue weighted by Crippen LogP contribution is -2.32. The maximum Gasteiger partial charge on any atom is 0.233 e. The molecule has 1 N–H and O–H groups in total. The number of carbonyl (C=O) groups excluding carboxylic acids is 1. The summed E-state index contributed by atoms with van der Waals surface area (Å²) in [5.41, 5.74) is 2.64. The first-order chi connectivity index (χ1) is 9.65. The molecule has 0 aliphatic heterocycles. The van der Waals surface area contributed by atoms with E-state index < -0.39 is 0 Å². The second-order valence-corrected chi connectivity index (χ2v) is 6.55. The van der Waals surface area contributed by atoms with Crippen LogP contribution >= 0.6 is 23.1 Å². The van der Waals surface area contributed by atoms with Crippen molar-refractivity contribution in [2.24, 2.45) is 0 Å². The van der Waals surface area contributed by atoms with E-state index in [0.717, 1.165) is 9.90 Å². The third kappa shape index (κ3) is 4.57. The molecule has 0 spiro atoms. The van der Waals surface area contributed by atoms with Crippen LogP contribution in [0.4, 0.5) is 4.39 Å². The fourth-order valence-corrected chi connectivity index (χ4v) is 3.19. The van der Waals surface area contributed by atoms with Crippen LogP contribution < -0.4 is 5.32 Å². The van der Waals surface area contributed by atoms with Crippen LogP contribution in [-0.4, -0.2) is 27.9 Å². The normalized spacial score (nSPS) is 12.1. The van der Waals surface area contributed by atoms with E-state index in [1.165, 1.54) is 35.2 Å². The molecule has 0 radical (unpaired) electrons. The first-order valence-corrected chi connectivity index (χ1v) is 7.86. The molecule has 0 unspecified atom stereocenters. The highest BCUT2D eigenvalue weighted by Crippen LogP contribution is 2.23. The maximum atomic E-state index is 12.7. The summed E-state index contributed by atoms with van der Waals surface area (Å²) in [5.74, 6) is -0.285. The number of nitrogens with one attached hydrogen (secondary N) is 1. The number of hydrogen-bond donors (Lipinski definition) is 1. The van der Waals surface area contributed by atoms with Crippen LogP contribution in [0.25, 0.3) is 0 Å². The minimum absolute atomic E-state index is 0.0349. The molecule has 1 aromatic heterocycles. The lowest BCUT2D eigenvalue weighted by atomic mass is 10.1. The fourth-order valence-electron chi connectivity index (χ4n) is 1.54. The number of amides is 1. The van der Waals surface area contributed by atoms with E-state index in [2.05, 4.69) is 15.5 Å². The quantitative estimate of drug-likeness (QED) is 0.833. The molecule has 4 nitrogen and oxygen atoms in total. The molecule has 7 heteroatoms. The van der Waals surface area contributed by atoms with E-state index in [-0.39, 0.29) is 17.0 Å². The number of aromatic nitrogens is 2. The lowest BCUT2D eigenvalue weighted by molar-refractivity contribution is -0.120. The number of benzene rings is 1. The molecule has 2 aromatic rings. The number of hydrogen-bond acceptors (Lipinski definition) is 5. The van der Waals surface area contributed by atoms with Crippen LogP contribution in [0.15, 0.2) is 34.1 Å². The van der Waals surface area contributed by atoms with Gasteiger partial charge in [-0.1, -0.05) is 35.2 Å². The molecule has 0 aliphatic rings. The summed E-state index contributed by atoms with van der Waals surface area (Å²) in [7, 11) is 0. The minimum Gasteiger partial charge on any atom is -0.355 e. The van der Waals surface area contributed by atoms with Gasteiger partial charge in [-0.05, 0) is 31.0 Å². The van der Waals surface area contributed by atoms with Gasteiger partial charge in [0.1, 0.15) is 11.3 Å². The predicted molar refractivity (Wildman–Crippen MR) is 78.3 cm³/mol. The van der Waals surface area contributed by atoms with Gasteiger partial charge in [-0.15, -0.1) is 10.2 Å². The van der Waals surface area contributed by atoms with Crippen molar-refractivity contribution < 1.29 is 9.18 Å². The van der Waals surface area contributed by atoms with E-state index >= 15 is 0 Å². The molecule has 0 saturated heterocycles. The SMILES string of the molecule is C[C@H](Sc1nncs1)C(=O)NCCc1ccc(F)cc1. The first-order valence-electron chi connectivity index (χ1n) is 6.10. The van der Waals surface area contributed by atoms with Gasteiger partial charge in [0.25, 0.3) is 0 Å². The fraction of sp³-hybridized carbons (Fsp3) is 0.308. The van der Waals surface area contributed by atoms with Crippen LogP contribution in [0.2, 0.25) is 0 Å². The first kappa shape index (κ1) is 14.9. The van der Waals surface area contributed by atoms with Crippen LogP contribution in [0.1, 0.15) is 12.5 Å². The van der Waals surface area contributed by atoms with E-state index in [1.807, 2.05) is 6.92 Å². The molecule has 20 heavy (non-hydrogen) atoms. The van der Waals surface area contributed by atoms with Crippen molar-refractivity contribution >= 4 is 29.0 Å². The second-order valence-electron chi connectivity index (χ2n) is 4.13. The highest BCUT2D eigenvalue weighted by atomic mass is 32.2. The van der Waals surface area contributed by atoms with Crippen molar-refractivity contribution in [2.45, 2.75) is 22.9 Å². The third-order valence-electron chi connectivity index (χ3n) is 2.61. The summed E-state index contributed by atoms with van der Waals surface area (Å²) >= 11 is 2.81. The van der Waals surface area contributed by atoms with Crippen LogP contribution in [0, 0.1) is 5.82 Å². The van der Waals surface area contributed by atoms with E-state index in [1.54, 1.807) is 17.6 Å². The van der Waals surface area contributed by atoms with Crippen molar-refractivity contribution in [3.8, 4) is 0 Å². The maximum absolute atomic E-state index is 12.7. The highest BCUT2D eigenvalue weighted by Gasteiger charge is 2.15. The monoisotopic (exact) mass is 311 g/mol. The molecule has 1 heterocycles. The van der Waals surface area contributed by atoms with Gasteiger partial charge in [-0.3, -0.25) is 4.79 Å². The number of halogens is 1. The van der Waals surface area contributed by atoms with Gasteiger partial charge in [0, 0.05) is 6.54 Å². The molecular weight excluding hydrogens is 297 g/mol. The summed E-state index contributed by atoms with van der Waals surface area (Å²) < 4.78 is 13.5. The molecule has 2 rings (SSSR count). The summed E-state index contributed by atoms with van der Waals surface area (Å²) in [6, 6.07) is 6.29. The molecule has 106 valence electrons. The molecule has 1 atom stereocenters. The number of thioether (sulfide) groups is 1. The number of rotatable bonds is 6. The van der Waals surface area contributed by atoms with Crippen molar-refractivity contribution in [3.05, 3.63) is 41.2 Å². The van der Waals surface area contributed by atoms with E-state index in [0.29, 0.717) is 13.0 Å². The summed E-state index contributed by atoms with van der Waals surface area (Å²) in [6.07, 6.45) is 0.683. The van der Waals surface area contributed by atoms with E-state index in [4.69, 9.17) is 0 Å². The van der Waals surface area contributed by atoms with Crippen molar-refractivity contribution in [3.63, 3.8) is 0 Å². The Labute approximate surface area is 124 Å². The minimum atomic E-state index is -0.250. The third-order valence-corrected chi connectivity index (χ3v) is 4.52. The van der Waals surface area contributed by atoms with Crippen molar-refractivity contribution in [1.29, 1.82) is 0 Å². The van der Waals surface area contributed by atoms with E-state index in [9.17, 15) is 9.18 Å². The molecule has 1 amide bonds. The predicted octanol–water partition coefficient (Wildman–Crippen LogP) is 2.52. The lowest BCUT2D eigenvalue weighted by Gasteiger charge is -2.10. The van der Waals surface area contributed by atoms with Gasteiger partial charge >= 0.3 is 0 Å². The number of carbonyl (C=O) groups is 1. The topological polar surface area (TPSA) is 54.9 Å². The Hall–Kier alpha value is -1.47. The Kier molecular flexibility index (Phi) is 5.49. The van der Waals surface area contributed by atoms with Gasteiger partial charge in [0.2, 0.25) is 5.91 Å². The molecule has 0 fully saturated rings. The zero-order valence-corrected chi connectivity index (χ0v) is 12.5. The summed E-state index contributed by atoms with van der Waals surface area (Å²) in [6.45, 7) is 2.37. The largest absolute Gasteiger partial charge is 0.355 e. The molecule has 0 saturated carbocycles. The average molecular weight is 311 g/mol. The van der Waals surface area contributed by atoms with Crippen LogP contribution in [0.3, 0.4) is 0 Å². The summed E-state index contributed by atoms with van der Waals surface area (Å²) in [4.78, 5) is 11.9. The Balaban J connectivity index is 1.73. The van der Waals surface area contributed by atoms with Gasteiger partial charge < -0.3 is 5.32 Å². The Morgan fingerprint density at radius 2 is 2.20 bits per heavy atom. The van der Waals surface area contributed by atoms with Gasteiger partial charge in [0.15, 0.2) is 4.34 Å². The van der Waals surface area contributed by atoms with Gasteiger partial charge in [-0.25, -0.2) is 4.39 Å². The van der Waals surface area contributed by atoms with Gasteiger partial charge in [0.05, 0.1) is 5.25 Å². The van der Waals surface area contributed by atoms with Gasteiger partial charge in [-0.2, -0.15) is 0 Å². The van der Waals surface area contributed by atoms with Crippen LogP contribution in [-0.2, 0) is 11.2 Å². The van der Waals surface area contributed by atoms with Crippen molar-refractivity contribution in [2.75, 3.05) is 6.54 Å². The Morgan fingerprint density at radius 3 is 2.85 bits per heavy atom. The zero-order valence-electron chi connectivity index (χ0n) is 10.9. The molecular formula is C13H14FN3OS2. The molecule has 0 bridgehead atoms. The average Bonchev–Trinajstić information content (AvgIpc) is 2.93. The smallest absolute Gasteiger partial charge is 0.233 e. The van der Waals surface area contributed by atoms with Crippen LogP contribution in [0.5, 0.6) is 0 Å². The Morgan fingerprint density at radius 1 is 1.45 bits per heavy atom. The van der Waals surface area contributed by atoms with Crippen molar-refractivity contribution in [1.82, 2.24) is 15.5 Å². The molecule has 1 aromatic carbocycles. The number of nitrogens with zero attached hydrogens (tertiary/aromatic N) is 2. The second kappa shape index (κ2) is 7.35. The summed E-state index contributed by atoms with van der Waals surface area (Å²) in [5, 5.41) is 10.3.